The lowest BCUT2D eigenvalue weighted by Crippen LogP contribution is -2.67. The molecular weight excluding hydrogens is 589 g/mol. The second-order valence-corrected chi connectivity index (χ2v) is 14.2. The largest absolute Gasteiger partial charge is 0.334 e. The number of amides is 1. The first kappa shape index (κ1) is 29.2. The van der Waals surface area contributed by atoms with E-state index in [2.05, 4.69) is 47.7 Å². The third kappa shape index (κ3) is 6.14. The molecule has 1 amide bonds. The van der Waals surface area contributed by atoms with Crippen LogP contribution < -0.4 is 4.72 Å². The molecule has 0 saturated carbocycles. The monoisotopic (exact) mass is 619 g/mol. The van der Waals surface area contributed by atoms with Gasteiger partial charge in [-0.25, -0.2) is 8.42 Å². The van der Waals surface area contributed by atoms with Gasteiger partial charge in [-0.15, -0.1) is 0 Å². The minimum atomic E-state index is -4.11. The number of likely N-dealkylation sites (tertiary alicyclic amines) is 2. The van der Waals surface area contributed by atoms with Gasteiger partial charge in [-0.3, -0.25) is 14.4 Å². The van der Waals surface area contributed by atoms with Crippen molar-refractivity contribution >= 4 is 56.4 Å². The molecule has 0 aromatic heterocycles. The molecule has 2 heterocycles. The SMILES string of the molecule is CC1(C)CN(C(=O)c2cc(S(=O)(=O)Nc3cccc(Cl)c3)c(Cl)cc2Cl)C1C1CCN(Cc2ccccc2)CC1. The van der Waals surface area contributed by atoms with Crippen molar-refractivity contribution in [3.63, 3.8) is 0 Å². The number of hydrogen-bond donors (Lipinski definition) is 1. The molecule has 3 aromatic carbocycles. The molecule has 2 aliphatic heterocycles. The molecule has 40 heavy (non-hydrogen) atoms. The fourth-order valence-corrected chi connectivity index (χ4v) is 8.21. The predicted molar refractivity (Wildman–Crippen MR) is 162 cm³/mol. The van der Waals surface area contributed by atoms with Crippen molar-refractivity contribution in [2.75, 3.05) is 24.4 Å². The van der Waals surface area contributed by atoms with Gasteiger partial charge in [0.05, 0.1) is 21.3 Å². The number of hydrogen-bond acceptors (Lipinski definition) is 4. The Labute approximate surface area is 251 Å². The molecule has 6 nitrogen and oxygen atoms in total. The second-order valence-electron chi connectivity index (χ2n) is 11.3. The Hall–Kier alpha value is -2.29. The highest BCUT2D eigenvalue weighted by atomic mass is 35.5. The van der Waals surface area contributed by atoms with E-state index in [1.54, 1.807) is 18.2 Å². The van der Waals surface area contributed by atoms with Gasteiger partial charge in [0.15, 0.2) is 0 Å². The summed E-state index contributed by atoms with van der Waals surface area (Å²) in [6, 6.07) is 19.5. The summed E-state index contributed by atoms with van der Waals surface area (Å²) in [5, 5.41) is 0.441. The Morgan fingerprint density at radius 3 is 2.30 bits per heavy atom. The van der Waals surface area contributed by atoms with E-state index in [1.807, 2.05) is 11.0 Å². The summed E-state index contributed by atoms with van der Waals surface area (Å²) in [6.45, 7) is 7.80. The molecule has 2 aliphatic rings. The molecular formula is C30H32Cl3N3O3S. The third-order valence-corrected chi connectivity index (χ3v) is 10.3. The number of nitrogens with one attached hydrogen (secondary N) is 1. The van der Waals surface area contributed by atoms with E-state index >= 15 is 0 Å². The molecule has 3 aromatic rings. The summed E-state index contributed by atoms with van der Waals surface area (Å²) in [4.78, 5) is 17.9. The number of rotatable bonds is 7. The Morgan fingerprint density at radius 1 is 0.950 bits per heavy atom. The van der Waals surface area contributed by atoms with Crippen molar-refractivity contribution in [2.45, 2.75) is 44.2 Å². The quantitative estimate of drug-likeness (QED) is 0.303. The van der Waals surface area contributed by atoms with Gasteiger partial charge in [0.1, 0.15) is 4.90 Å². The van der Waals surface area contributed by atoms with Crippen LogP contribution in [0.1, 0.15) is 42.6 Å². The molecule has 1 atom stereocenters. The summed E-state index contributed by atoms with van der Waals surface area (Å²) in [6.07, 6.45) is 1.98. The summed E-state index contributed by atoms with van der Waals surface area (Å²) in [5.74, 6) is 0.0652. The second kappa shape index (κ2) is 11.5. The zero-order valence-electron chi connectivity index (χ0n) is 22.4. The van der Waals surface area contributed by atoms with E-state index in [0.717, 1.165) is 32.5 Å². The molecule has 2 saturated heterocycles. The van der Waals surface area contributed by atoms with Crippen LogP contribution in [0.15, 0.2) is 71.6 Å². The molecule has 1 unspecified atom stereocenters. The smallest absolute Gasteiger partial charge is 0.263 e. The van der Waals surface area contributed by atoms with Crippen LogP contribution in [0.4, 0.5) is 5.69 Å². The number of carbonyl (C=O) groups is 1. The van der Waals surface area contributed by atoms with E-state index in [4.69, 9.17) is 34.8 Å². The number of benzene rings is 3. The topological polar surface area (TPSA) is 69.7 Å². The van der Waals surface area contributed by atoms with Gasteiger partial charge in [0.2, 0.25) is 0 Å². The minimum absolute atomic E-state index is 0.0373. The van der Waals surface area contributed by atoms with Crippen LogP contribution in [0.25, 0.3) is 0 Å². The first-order valence-electron chi connectivity index (χ1n) is 13.3. The summed E-state index contributed by atoms with van der Waals surface area (Å²) < 4.78 is 29.0. The number of anilines is 1. The van der Waals surface area contributed by atoms with Crippen LogP contribution >= 0.6 is 34.8 Å². The average Bonchev–Trinajstić information content (AvgIpc) is 2.88. The van der Waals surface area contributed by atoms with Crippen LogP contribution in [0, 0.1) is 11.3 Å². The standard InChI is InChI=1S/C30H32Cl3N3O3S/c1-30(2)19-36(28(30)21-11-13-35(14-12-21)18-20-7-4-3-5-8-20)29(37)24-16-27(26(33)17-25(24)32)40(38,39)34-23-10-6-9-22(31)15-23/h3-10,15-17,21,28,34H,11-14,18-19H2,1-2H3. The highest BCUT2D eigenvalue weighted by Crippen LogP contribution is 2.46. The molecule has 5 rings (SSSR count). The Balaban J connectivity index is 1.33. The first-order chi connectivity index (χ1) is 18.9. The lowest BCUT2D eigenvalue weighted by Gasteiger charge is -2.58. The third-order valence-electron chi connectivity index (χ3n) is 7.92. The Bertz CT molecular complexity index is 1510. The highest BCUT2D eigenvalue weighted by Gasteiger charge is 2.52. The lowest BCUT2D eigenvalue weighted by atomic mass is 9.66. The van der Waals surface area contributed by atoms with Crippen molar-refractivity contribution in [3.05, 3.63) is 92.9 Å². The number of halogens is 3. The Kier molecular flexibility index (Phi) is 8.42. The van der Waals surface area contributed by atoms with Crippen LogP contribution in [-0.4, -0.2) is 49.8 Å². The summed E-state index contributed by atoms with van der Waals surface area (Å²) >= 11 is 18.8. The summed E-state index contributed by atoms with van der Waals surface area (Å²) in [7, 11) is -4.11. The van der Waals surface area contributed by atoms with Gasteiger partial charge >= 0.3 is 0 Å². The van der Waals surface area contributed by atoms with Gasteiger partial charge in [-0.2, -0.15) is 0 Å². The van der Waals surface area contributed by atoms with Crippen molar-refractivity contribution in [1.82, 2.24) is 9.80 Å². The minimum Gasteiger partial charge on any atom is -0.334 e. The number of carbonyl (C=O) groups excluding carboxylic acids is 1. The van der Waals surface area contributed by atoms with Gasteiger partial charge in [0.25, 0.3) is 15.9 Å². The van der Waals surface area contributed by atoms with Crippen molar-refractivity contribution in [1.29, 1.82) is 0 Å². The normalized spacial score (nSPS) is 19.7. The molecule has 0 aliphatic carbocycles. The summed E-state index contributed by atoms with van der Waals surface area (Å²) in [5.41, 5.74) is 1.66. The lowest BCUT2D eigenvalue weighted by molar-refractivity contribution is -0.0714. The molecule has 0 bridgehead atoms. The predicted octanol–water partition coefficient (Wildman–Crippen LogP) is 7.21. The molecule has 1 N–H and O–H groups in total. The zero-order chi connectivity index (χ0) is 28.7. The molecule has 212 valence electrons. The van der Waals surface area contributed by atoms with E-state index in [9.17, 15) is 13.2 Å². The van der Waals surface area contributed by atoms with Crippen LogP contribution in [0.3, 0.4) is 0 Å². The van der Waals surface area contributed by atoms with Gasteiger partial charge in [-0.05, 0) is 67.7 Å². The Morgan fingerprint density at radius 2 is 1.65 bits per heavy atom. The van der Waals surface area contributed by atoms with Crippen molar-refractivity contribution in [2.24, 2.45) is 11.3 Å². The maximum absolute atomic E-state index is 13.8. The van der Waals surface area contributed by atoms with Gasteiger partial charge in [-0.1, -0.05) is 85.0 Å². The average molecular weight is 621 g/mol. The van der Waals surface area contributed by atoms with Gasteiger partial charge < -0.3 is 4.90 Å². The fourth-order valence-electron chi connectivity index (χ4n) is 6.12. The fraction of sp³-hybridized carbons (Fsp3) is 0.367. The molecule has 2 fully saturated rings. The molecule has 10 heteroatoms. The van der Waals surface area contributed by atoms with E-state index in [0.29, 0.717) is 17.5 Å². The van der Waals surface area contributed by atoms with E-state index in [1.165, 1.54) is 23.8 Å². The van der Waals surface area contributed by atoms with Gasteiger partial charge in [0, 0.05) is 29.6 Å². The van der Waals surface area contributed by atoms with Crippen LogP contribution in [0.5, 0.6) is 0 Å². The van der Waals surface area contributed by atoms with E-state index in [-0.39, 0.29) is 43.6 Å². The number of nitrogens with zero attached hydrogens (tertiary/aromatic N) is 2. The number of sulfonamides is 1. The van der Waals surface area contributed by atoms with Crippen LogP contribution in [0.2, 0.25) is 15.1 Å². The van der Waals surface area contributed by atoms with Crippen molar-refractivity contribution < 1.29 is 13.2 Å². The zero-order valence-corrected chi connectivity index (χ0v) is 25.5. The van der Waals surface area contributed by atoms with Crippen LogP contribution in [-0.2, 0) is 16.6 Å². The maximum atomic E-state index is 13.8. The van der Waals surface area contributed by atoms with Crippen molar-refractivity contribution in [3.8, 4) is 0 Å². The maximum Gasteiger partial charge on any atom is 0.263 e. The molecule has 0 radical (unpaired) electrons. The highest BCUT2D eigenvalue weighted by molar-refractivity contribution is 7.92. The number of piperidine rings is 1. The molecule has 0 spiro atoms. The first-order valence-corrected chi connectivity index (χ1v) is 15.9. The van der Waals surface area contributed by atoms with E-state index < -0.39 is 10.0 Å².